The fraction of sp³-hybridized carbons (Fsp3) is 0.167. The number of benzene rings is 2. The highest BCUT2D eigenvalue weighted by atomic mass is 16.4. The van der Waals surface area contributed by atoms with Gasteiger partial charge in [-0.15, -0.1) is 0 Å². The Morgan fingerprint density at radius 3 is 1.90 bits per heavy atom. The normalized spacial score (nSPS) is 9.30. The molecule has 2 rings (SSSR count). The average Bonchev–Trinajstić information content (AvgIpc) is 2.43. The van der Waals surface area contributed by atoms with Crippen LogP contribution in [0.4, 0.5) is 0 Å². The lowest BCUT2D eigenvalue weighted by Crippen LogP contribution is -1.92. The number of rotatable bonds is 3. The fourth-order valence-electron chi connectivity index (χ4n) is 1.54. The Balaban J connectivity index is 0.000000286. The molecule has 0 heterocycles. The van der Waals surface area contributed by atoms with E-state index >= 15 is 0 Å². The van der Waals surface area contributed by atoms with Crippen molar-refractivity contribution in [1.29, 1.82) is 0 Å². The molecule has 0 fully saturated rings. The van der Waals surface area contributed by atoms with Crippen molar-refractivity contribution in [2.75, 3.05) is 0 Å². The van der Waals surface area contributed by atoms with E-state index < -0.39 is 5.97 Å². The summed E-state index contributed by atoms with van der Waals surface area (Å²) in [6.07, 6.45) is 1.03. The Labute approximate surface area is 120 Å². The number of hydrogen-bond acceptors (Lipinski definition) is 1. The predicted molar refractivity (Wildman–Crippen MR) is 82.9 cm³/mol. The van der Waals surface area contributed by atoms with E-state index in [4.69, 9.17) is 5.11 Å². The maximum absolute atomic E-state index is 9.60. The van der Waals surface area contributed by atoms with Gasteiger partial charge >= 0.3 is 5.97 Å². The minimum atomic E-state index is -0.935. The number of aliphatic carboxylic acids is 1. The zero-order valence-electron chi connectivity index (χ0n) is 12.0. The molecule has 104 valence electrons. The first-order valence-corrected chi connectivity index (χ1v) is 6.47. The van der Waals surface area contributed by atoms with Gasteiger partial charge < -0.3 is 5.11 Å². The van der Waals surface area contributed by atoms with Crippen molar-refractivity contribution in [3.8, 4) is 0 Å². The lowest BCUT2D eigenvalue weighted by Gasteiger charge is -2.01. The Kier molecular flexibility index (Phi) is 6.24. The second kappa shape index (κ2) is 7.95. The first-order valence-electron chi connectivity index (χ1n) is 6.47. The molecular formula is C18H20O2. The van der Waals surface area contributed by atoms with Crippen LogP contribution in [-0.2, 0) is 11.2 Å². The number of hydrogen-bond donors (Lipinski definition) is 1. The van der Waals surface area contributed by atoms with Crippen LogP contribution in [0, 0.1) is 6.92 Å². The summed E-state index contributed by atoms with van der Waals surface area (Å²) in [5, 5.41) is 7.89. The van der Waals surface area contributed by atoms with Crippen LogP contribution in [-0.4, -0.2) is 11.1 Å². The van der Waals surface area contributed by atoms with Gasteiger partial charge in [-0.05, 0) is 31.4 Å². The summed E-state index contributed by atoms with van der Waals surface area (Å²) >= 11 is 0. The van der Waals surface area contributed by atoms with Crippen LogP contribution in [0.3, 0.4) is 0 Å². The largest absolute Gasteiger partial charge is 0.478 e. The molecule has 0 saturated carbocycles. The molecule has 2 aromatic carbocycles. The van der Waals surface area contributed by atoms with E-state index in [0.717, 1.165) is 6.42 Å². The summed E-state index contributed by atoms with van der Waals surface area (Å²) < 4.78 is 0. The van der Waals surface area contributed by atoms with Gasteiger partial charge in [0.1, 0.15) is 0 Å². The topological polar surface area (TPSA) is 37.3 Å². The van der Waals surface area contributed by atoms with Gasteiger partial charge in [0.25, 0.3) is 0 Å². The number of carbonyl (C=O) groups is 1. The van der Waals surface area contributed by atoms with E-state index in [1.54, 1.807) is 0 Å². The molecule has 2 nitrogen and oxygen atoms in total. The Morgan fingerprint density at radius 2 is 1.45 bits per heavy atom. The smallest absolute Gasteiger partial charge is 0.330 e. The maximum Gasteiger partial charge on any atom is 0.330 e. The van der Waals surface area contributed by atoms with Crippen LogP contribution >= 0.6 is 0 Å². The van der Waals surface area contributed by atoms with Gasteiger partial charge in [-0.1, -0.05) is 66.7 Å². The molecule has 0 aliphatic rings. The van der Waals surface area contributed by atoms with E-state index in [2.05, 4.69) is 68.1 Å². The summed E-state index contributed by atoms with van der Waals surface area (Å²) in [4.78, 5) is 9.60. The molecule has 0 amide bonds. The molecule has 0 bridgehead atoms. The molecule has 0 aromatic heterocycles. The van der Waals surface area contributed by atoms with Crippen LogP contribution in [0.25, 0.3) is 0 Å². The zero-order chi connectivity index (χ0) is 15.0. The van der Waals surface area contributed by atoms with Crippen molar-refractivity contribution < 1.29 is 9.90 Å². The Bertz CT molecular complexity index is 542. The van der Waals surface area contributed by atoms with Gasteiger partial charge in [-0.3, -0.25) is 0 Å². The maximum atomic E-state index is 9.60. The SMILES string of the molecule is C=C(C)C(=O)O.Cc1ccc(Cc2ccccc2)cc1. The Hall–Kier alpha value is -2.35. The van der Waals surface area contributed by atoms with Crippen LogP contribution in [0.1, 0.15) is 23.6 Å². The standard InChI is InChI=1S/C14H14.C4H6O2/c1-12-7-9-14(10-8-12)11-13-5-3-2-4-6-13;1-3(2)4(5)6/h2-10H,11H2,1H3;1H2,2H3,(H,5,6). The molecule has 0 unspecified atom stereocenters. The average molecular weight is 268 g/mol. The third kappa shape index (κ3) is 6.01. The second-order valence-electron chi connectivity index (χ2n) is 4.73. The minimum Gasteiger partial charge on any atom is -0.478 e. The van der Waals surface area contributed by atoms with Crippen LogP contribution in [0.2, 0.25) is 0 Å². The first kappa shape index (κ1) is 15.7. The quantitative estimate of drug-likeness (QED) is 0.846. The molecule has 0 radical (unpaired) electrons. The van der Waals surface area contributed by atoms with Crippen molar-refractivity contribution in [1.82, 2.24) is 0 Å². The van der Waals surface area contributed by atoms with Crippen LogP contribution in [0.15, 0.2) is 66.7 Å². The second-order valence-corrected chi connectivity index (χ2v) is 4.73. The van der Waals surface area contributed by atoms with E-state index in [-0.39, 0.29) is 5.57 Å². The van der Waals surface area contributed by atoms with Crippen LogP contribution < -0.4 is 0 Å². The van der Waals surface area contributed by atoms with Crippen molar-refractivity contribution in [2.24, 2.45) is 0 Å². The Morgan fingerprint density at radius 1 is 1.00 bits per heavy atom. The van der Waals surface area contributed by atoms with Crippen molar-refractivity contribution in [2.45, 2.75) is 20.3 Å². The molecule has 2 heteroatoms. The predicted octanol–water partition coefficient (Wildman–Crippen LogP) is 4.23. The summed E-state index contributed by atoms with van der Waals surface area (Å²) in [6, 6.07) is 19.3. The summed E-state index contributed by atoms with van der Waals surface area (Å²) in [5.41, 5.74) is 4.25. The summed E-state index contributed by atoms with van der Waals surface area (Å²) in [5.74, 6) is -0.935. The van der Waals surface area contributed by atoms with Crippen molar-refractivity contribution >= 4 is 5.97 Å². The molecule has 0 aliphatic heterocycles. The number of aryl methyl sites for hydroxylation is 1. The molecule has 0 atom stereocenters. The van der Waals surface area contributed by atoms with E-state index in [9.17, 15) is 4.79 Å². The first-order chi connectivity index (χ1) is 9.49. The summed E-state index contributed by atoms with van der Waals surface area (Å²) in [7, 11) is 0. The molecule has 0 aliphatic carbocycles. The van der Waals surface area contributed by atoms with Gasteiger partial charge in [-0.2, -0.15) is 0 Å². The van der Waals surface area contributed by atoms with Gasteiger partial charge in [0.15, 0.2) is 0 Å². The number of carboxylic acids is 1. The molecular weight excluding hydrogens is 248 g/mol. The van der Waals surface area contributed by atoms with Gasteiger partial charge in [0.05, 0.1) is 0 Å². The molecule has 1 N–H and O–H groups in total. The molecule has 0 spiro atoms. The highest BCUT2D eigenvalue weighted by Gasteiger charge is 1.94. The van der Waals surface area contributed by atoms with E-state index in [1.807, 2.05) is 0 Å². The monoisotopic (exact) mass is 268 g/mol. The molecule has 20 heavy (non-hydrogen) atoms. The highest BCUT2D eigenvalue weighted by molar-refractivity contribution is 5.84. The van der Waals surface area contributed by atoms with E-state index in [1.165, 1.54) is 23.6 Å². The third-order valence-electron chi connectivity index (χ3n) is 2.74. The third-order valence-corrected chi connectivity index (χ3v) is 2.74. The lowest BCUT2D eigenvalue weighted by molar-refractivity contribution is -0.132. The minimum absolute atomic E-state index is 0.176. The van der Waals surface area contributed by atoms with Gasteiger partial charge in [0.2, 0.25) is 0 Å². The van der Waals surface area contributed by atoms with Crippen molar-refractivity contribution in [3.05, 3.63) is 83.4 Å². The molecule has 2 aromatic rings. The molecule has 0 saturated heterocycles. The van der Waals surface area contributed by atoms with Crippen molar-refractivity contribution in [3.63, 3.8) is 0 Å². The zero-order valence-corrected chi connectivity index (χ0v) is 12.0. The summed E-state index contributed by atoms with van der Waals surface area (Å²) in [6.45, 7) is 6.72. The fourth-order valence-corrected chi connectivity index (χ4v) is 1.54. The highest BCUT2D eigenvalue weighted by Crippen LogP contribution is 2.09. The number of carboxylic acid groups (broad SMARTS) is 1. The van der Waals surface area contributed by atoms with Gasteiger partial charge in [-0.25, -0.2) is 4.79 Å². The van der Waals surface area contributed by atoms with Crippen LogP contribution in [0.5, 0.6) is 0 Å². The van der Waals surface area contributed by atoms with Gasteiger partial charge in [0, 0.05) is 5.57 Å². The van der Waals surface area contributed by atoms with E-state index in [0.29, 0.717) is 0 Å². The lowest BCUT2D eigenvalue weighted by atomic mass is 10.0.